The van der Waals surface area contributed by atoms with E-state index in [0.29, 0.717) is 31.6 Å². The highest BCUT2D eigenvalue weighted by Gasteiger charge is 2.34. The molecule has 2 aromatic carbocycles. The number of nitrogens with zero attached hydrogens (tertiary/aromatic N) is 1. The van der Waals surface area contributed by atoms with E-state index in [9.17, 15) is 22.8 Å². The first-order chi connectivity index (χ1) is 13.3. The summed E-state index contributed by atoms with van der Waals surface area (Å²) in [5.74, 6) is -0.901. The van der Waals surface area contributed by atoms with Crippen LogP contribution in [0, 0.1) is 5.92 Å². The van der Waals surface area contributed by atoms with Gasteiger partial charge < -0.3 is 15.5 Å². The van der Waals surface area contributed by atoms with Gasteiger partial charge in [0.05, 0.1) is 11.3 Å². The Morgan fingerprint density at radius 2 is 1.50 bits per heavy atom. The first-order valence-electron chi connectivity index (χ1n) is 8.92. The highest BCUT2D eigenvalue weighted by atomic mass is 19.4. The summed E-state index contributed by atoms with van der Waals surface area (Å²) >= 11 is 0. The molecule has 148 valence electrons. The van der Waals surface area contributed by atoms with Crippen molar-refractivity contribution in [2.45, 2.75) is 19.0 Å². The van der Waals surface area contributed by atoms with E-state index in [0.717, 1.165) is 6.07 Å². The number of hydrogen-bond acceptors (Lipinski definition) is 2. The number of carbonyl (C=O) groups is 2. The Morgan fingerprint density at radius 1 is 0.893 bits per heavy atom. The summed E-state index contributed by atoms with van der Waals surface area (Å²) < 4.78 is 39.2. The summed E-state index contributed by atoms with van der Waals surface area (Å²) in [6.45, 7) is 0.718. The van der Waals surface area contributed by atoms with Crippen molar-refractivity contribution in [2.75, 3.05) is 23.7 Å². The van der Waals surface area contributed by atoms with Crippen LogP contribution in [-0.4, -0.2) is 29.9 Å². The minimum atomic E-state index is -4.54. The number of piperidine rings is 1. The zero-order chi connectivity index (χ0) is 20.1. The third-order valence-electron chi connectivity index (χ3n) is 4.67. The molecule has 1 fully saturated rings. The summed E-state index contributed by atoms with van der Waals surface area (Å²) in [7, 11) is 0. The van der Waals surface area contributed by atoms with Gasteiger partial charge in [0.2, 0.25) is 5.91 Å². The van der Waals surface area contributed by atoms with Gasteiger partial charge in [-0.1, -0.05) is 30.3 Å². The van der Waals surface area contributed by atoms with Crippen LogP contribution in [0.2, 0.25) is 0 Å². The van der Waals surface area contributed by atoms with Gasteiger partial charge in [-0.2, -0.15) is 13.2 Å². The zero-order valence-electron chi connectivity index (χ0n) is 15.0. The Kier molecular flexibility index (Phi) is 5.87. The Bertz CT molecular complexity index is 832. The molecular formula is C20H20F3N3O2. The highest BCUT2D eigenvalue weighted by Crippen LogP contribution is 2.35. The Labute approximate surface area is 160 Å². The number of amides is 3. The Hall–Kier alpha value is -3.03. The van der Waals surface area contributed by atoms with E-state index in [2.05, 4.69) is 10.6 Å². The van der Waals surface area contributed by atoms with E-state index >= 15 is 0 Å². The van der Waals surface area contributed by atoms with Crippen molar-refractivity contribution < 1.29 is 22.8 Å². The third-order valence-corrected chi connectivity index (χ3v) is 4.67. The predicted octanol–water partition coefficient (Wildman–Crippen LogP) is 4.59. The molecule has 0 spiro atoms. The number of rotatable bonds is 3. The van der Waals surface area contributed by atoms with Crippen LogP contribution in [0.1, 0.15) is 18.4 Å². The topological polar surface area (TPSA) is 61.4 Å². The number of benzene rings is 2. The second-order valence-corrected chi connectivity index (χ2v) is 6.59. The second kappa shape index (κ2) is 8.33. The molecule has 5 nitrogen and oxygen atoms in total. The fraction of sp³-hybridized carbons (Fsp3) is 0.300. The lowest BCUT2D eigenvalue weighted by Crippen LogP contribution is -2.43. The van der Waals surface area contributed by atoms with Crippen LogP contribution in [0.25, 0.3) is 0 Å². The number of anilines is 2. The molecule has 2 N–H and O–H groups in total. The molecule has 0 bridgehead atoms. The van der Waals surface area contributed by atoms with Crippen molar-refractivity contribution in [2.24, 2.45) is 5.92 Å². The van der Waals surface area contributed by atoms with Crippen molar-refractivity contribution in [3.05, 3.63) is 60.2 Å². The summed E-state index contributed by atoms with van der Waals surface area (Å²) in [6, 6.07) is 13.7. The van der Waals surface area contributed by atoms with Crippen LogP contribution >= 0.6 is 0 Å². The summed E-state index contributed by atoms with van der Waals surface area (Å²) in [5.41, 5.74) is -0.441. The number of nitrogens with one attached hydrogen (secondary N) is 2. The molecule has 1 aliphatic heterocycles. The van der Waals surface area contributed by atoms with Crippen LogP contribution in [0.15, 0.2) is 54.6 Å². The van der Waals surface area contributed by atoms with Gasteiger partial charge in [-0.05, 0) is 37.1 Å². The van der Waals surface area contributed by atoms with Crippen LogP contribution < -0.4 is 10.6 Å². The Balaban J connectivity index is 1.55. The largest absolute Gasteiger partial charge is 0.418 e. The summed E-state index contributed by atoms with van der Waals surface area (Å²) in [6.07, 6.45) is -3.76. The Morgan fingerprint density at radius 3 is 2.14 bits per heavy atom. The fourth-order valence-corrected chi connectivity index (χ4v) is 3.14. The molecule has 1 aliphatic rings. The van der Waals surface area contributed by atoms with Crippen molar-refractivity contribution in [1.29, 1.82) is 0 Å². The molecule has 1 heterocycles. The van der Waals surface area contributed by atoms with E-state index in [1.807, 2.05) is 18.2 Å². The second-order valence-electron chi connectivity index (χ2n) is 6.59. The molecule has 0 radical (unpaired) electrons. The maximum atomic E-state index is 13.1. The van der Waals surface area contributed by atoms with E-state index in [-0.39, 0.29) is 11.7 Å². The minimum absolute atomic E-state index is 0.246. The number of urea groups is 1. The normalized spacial score (nSPS) is 15.2. The van der Waals surface area contributed by atoms with Gasteiger partial charge >= 0.3 is 12.2 Å². The molecular weight excluding hydrogens is 371 g/mol. The average Bonchev–Trinajstić information content (AvgIpc) is 2.68. The lowest BCUT2D eigenvalue weighted by atomic mass is 9.96. The summed E-state index contributed by atoms with van der Waals surface area (Å²) in [5, 5.41) is 5.17. The van der Waals surface area contributed by atoms with Gasteiger partial charge in [-0.3, -0.25) is 4.79 Å². The SMILES string of the molecule is O=C(Nc1ccccc1C(F)(F)F)C1CCN(C(=O)Nc2ccccc2)CC1. The lowest BCUT2D eigenvalue weighted by Gasteiger charge is -2.31. The molecule has 28 heavy (non-hydrogen) atoms. The van der Waals surface area contributed by atoms with Crippen molar-refractivity contribution in [3.63, 3.8) is 0 Å². The van der Waals surface area contributed by atoms with Crippen LogP contribution in [0.3, 0.4) is 0 Å². The van der Waals surface area contributed by atoms with E-state index in [1.165, 1.54) is 18.2 Å². The maximum Gasteiger partial charge on any atom is 0.418 e. The molecule has 0 aliphatic carbocycles. The van der Waals surface area contributed by atoms with Gasteiger partial charge in [-0.15, -0.1) is 0 Å². The number of halogens is 3. The number of likely N-dealkylation sites (tertiary alicyclic amines) is 1. The molecule has 0 saturated carbocycles. The molecule has 0 atom stereocenters. The fourth-order valence-electron chi connectivity index (χ4n) is 3.14. The molecule has 2 aromatic rings. The van der Waals surface area contributed by atoms with Crippen molar-refractivity contribution in [3.8, 4) is 0 Å². The predicted molar refractivity (Wildman–Crippen MR) is 99.8 cm³/mol. The van der Waals surface area contributed by atoms with Gasteiger partial charge in [0.15, 0.2) is 0 Å². The molecule has 0 unspecified atom stereocenters. The summed E-state index contributed by atoms with van der Waals surface area (Å²) in [4.78, 5) is 26.3. The van der Waals surface area contributed by atoms with Crippen LogP contribution in [-0.2, 0) is 11.0 Å². The zero-order valence-corrected chi connectivity index (χ0v) is 15.0. The lowest BCUT2D eigenvalue weighted by molar-refractivity contribution is -0.137. The number of carbonyl (C=O) groups excluding carboxylic acids is 2. The number of alkyl halides is 3. The van der Waals surface area contributed by atoms with Crippen LogP contribution in [0.5, 0.6) is 0 Å². The van der Waals surface area contributed by atoms with Gasteiger partial charge in [0, 0.05) is 24.7 Å². The maximum absolute atomic E-state index is 13.1. The quantitative estimate of drug-likeness (QED) is 0.804. The van der Waals surface area contributed by atoms with Gasteiger partial charge in [0.25, 0.3) is 0 Å². The van der Waals surface area contributed by atoms with E-state index < -0.39 is 23.6 Å². The van der Waals surface area contributed by atoms with Crippen molar-refractivity contribution in [1.82, 2.24) is 4.90 Å². The van der Waals surface area contributed by atoms with E-state index in [1.54, 1.807) is 17.0 Å². The molecule has 3 amide bonds. The molecule has 8 heteroatoms. The standard InChI is InChI=1S/C20H20F3N3O2/c21-20(22,23)16-8-4-5-9-17(16)25-18(27)14-10-12-26(13-11-14)19(28)24-15-6-2-1-3-7-15/h1-9,14H,10-13H2,(H,24,28)(H,25,27). The van der Waals surface area contributed by atoms with Gasteiger partial charge in [0.1, 0.15) is 0 Å². The van der Waals surface area contributed by atoms with E-state index in [4.69, 9.17) is 0 Å². The minimum Gasteiger partial charge on any atom is -0.325 e. The average molecular weight is 391 g/mol. The first kappa shape index (κ1) is 19.7. The van der Waals surface area contributed by atoms with Gasteiger partial charge in [-0.25, -0.2) is 4.79 Å². The number of para-hydroxylation sites is 2. The first-order valence-corrected chi connectivity index (χ1v) is 8.92. The molecule has 3 rings (SSSR count). The molecule has 1 saturated heterocycles. The van der Waals surface area contributed by atoms with Crippen LogP contribution in [0.4, 0.5) is 29.3 Å². The monoisotopic (exact) mass is 391 g/mol. The molecule has 0 aromatic heterocycles. The highest BCUT2D eigenvalue weighted by molar-refractivity contribution is 5.94. The smallest absolute Gasteiger partial charge is 0.325 e. The van der Waals surface area contributed by atoms with Crippen molar-refractivity contribution >= 4 is 23.3 Å². The number of hydrogen-bond donors (Lipinski definition) is 2. The third kappa shape index (κ3) is 4.82.